The predicted molar refractivity (Wildman–Crippen MR) is 101 cm³/mol. The molecule has 0 radical (unpaired) electrons. The van der Waals surface area contributed by atoms with E-state index in [1.165, 1.54) is 6.07 Å². The summed E-state index contributed by atoms with van der Waals surface area (Å²) in [6.07, 6.45) is 0.903. The SMILES string of the molecule is C[C@H]1CC(C(=O)Cc2ccccc2F)CCN1C(=O)OCc1ccccc1. The van der Waals surface area contributed by atoms with Gasteiger partial charge in [0.1, 0.15) is 18.2 Å². The maximum absolute atomic E-state index is 13.8. The van der Waals surface area contributed by atoms with E-state index in [4.69, 9.17) is 4.74 Å². The van der Waals surface area contributed by atoms with Crippen molar-refractivity contribution in [3.63, 3.8) is 0 Å². The highest BCUT2D eigenvalue weighted by molar-refractivity contribution is 5.83. The average Bonchev–Trinajstić information content (AvgIpc) is 2.68. The molecule has 3 rings (SSSR count). The fraction of sp³-hybridized carbons (Fsp3) is 0.364. The number of amides is 1. The van der Waals surface area contributed by atoms with Gasteiger partial charge in [0.15, 0.2) is 0 Å². The number of rotatable bonds is 5. The van der Waals surface area contributed by atoms with E-state index < -0.39 is 0 Å². The lowest BCUT2D eigenvalue weighted by Crippen LogP contribution is -2.46. The third-order valence-electron chi connectivity index (χ3n) is 5.09. The number of ketones is 1. The number of hydrogen-bond acceptors (Lipinski definition) is 3. The van der Waals surface area contributed by atoms with Crippen molar-refractivity contribution in [2.45, 2.75) is 38.8 Å². The average molecular weight is 369 g/mol. The molecule has 0 aliphatic carbocycles. The van der Waals surface area contributed by atoms with Crippen LogP contribution < -0.4 is 0 Å². The van der Waals surface area contributed by atoms with Crippen LogP contribution in [0.5, 0.6) is 0 Å². The van der Waals surface area contributed by atoms with Crippen molar-refractivity contribution in [1.82, 2.24) is 4.90 Å². The van der Waals surface area contributed by atoms with Gasteiger partial charge in [-0.05, 0) is 37.0 Å². The monoisotopic (exact) mass is 369 g/mol. The van der Waals surface area contributed by atoms with E-state index in [1.807, 2.05) is 37.3 Å². The highest BCUT2D eigenvalue weighted by atomic mass is 19.1. The van der Waals surface area contributed by atoms with Gasteiger partial charge in [-0.1, -0.05) is 48.5 Å². The van der Waals surface area contributed by atoms with Gasteiger partial charge in [-0.25, -0.2) is 9.18 Å². The molecule has 1 heterocycles. The number of Topliss-reactive ketones (excluding diaryl/α,β-unsaturated/α-hetero) is 1. The van der Waals surface area contributed by atoms with Gasteiger partial charge < -0.3 is 9.64 Å². The number of benzene rings is 2. The number of ether oxygens (including phenoxy) is 1. The van der Waals surface area contributed by atoms with E-state index in [-0.39, 0.29) is 42.7 Å². The van der Waals surface area contributed by atoms with Crippen molar-refractivity contribution in [3.05, 3.63) is 71.5 Å². The fourth-order valence-electron chi connectivity index (χ4n) is 3.51. The molecule has 1 aliphatic rings. The fourth-order valence-corrected chi connectivity index (χ4v) is 3.51. The summed E-state index contributed by atoms with van der Waals surface area (Å²) >= 11 is 0. The quantitative estimate of drug-likeness (QED) is 0.786. The lowest BCUT2D eigenvalue weighted by atomic mass is 9.86. The Morgan fingerprint density at radius 3 is 2.52 bits per heavy atom. The Morgan fingerprint density at radius 1 is 1.11 bits per heavy atom. The summed E-state index contributed by atoms with van der Waals surface area (Å²) in [5.41, 5.74) is 1.37. The zero-order chi connectivity index (χ0) is 19.2. The zero-order valence-electron chi connectivity index (χ0n) is 15.4. The van der Waals surface area contributed by atoms with Crippen molar-refractivity contribution < 1.29 is 18.7 Å². The van der Waals surface area contributed by atoms with Gasteiger partial charge in [0.05, 0.1) is 0 Å². The number of piperidine rings is 1. The first-order chi connectivity index (χ1) is 13.0. The molecule has 0 N–H and O–H groups in total. The molecule has 0 saturated carbocycles. The van der Waals surface area contributed by atoms with Gasteiger partial charge in [0.25, 0.3) is 0 Å². The molecule has 0 aromatic heterocycles. The highest BCUT2D eigenvalue weighted by Crippen LogP contribution is 2.26. The minimum Gasteiger partial charge on any atom is -0.445 e. The molecule has 5 heteroatoms. The molecule has 1 unspecified atom stereocenters. The van der Waals surface area contributed by atoms with Gasteiger partial charge in [0.2, 0.25) is 0 Å². The number of likely N-dealkylation sites (tertiary alicyclic amines) is 1. The number of nitrogens with zero attached hydrogens (tertiary/aromatic N) is 1. The second-order valence-corrected chi connectivity index (χ2v) is 7.04. The smallest absolute Gasteiger partial charge is 0.410 e. The summed E-state index contributed by atoms with van der Waals surface area (Å²) in [4.78, 5) is 26.6. The summed E-state index contributed by atoms with van der Waals surface area (Å²) < 4.78 is 19.2. The van der Waals surface area contributed by atoms with Crippen molar-refractivity contribution in [2.75, 3.05) is 6.54 Å². The third-order valence-corrected chi connectivity index (χ3v) is 5.09. The van der Waals surface area contributed by atoms with E-state index in [1.54, 1.807) is 23.1 Å². The van der Waals surface area contributed by atoms with Crippen LogP contribution in [0, 0.1) is 11.7 Å². The highest BCUT2D eigenvalue weighted by Gasteiger charge is 2.33. The topological polar surface area (TPSA) is 46.6 Å². The Labute approximate surface area is 158 Å². The van der Waals surface area contributed by atoms with Crippen molar-refractivity contribution in [1.29, 1.82) is 0 Å². The van der Waals surface area contributed by atoms with Gasteiger partial charge >= 0.3 is 6.09 Å². The minimum atomic E-state index is -0.355. The Balaban J connectivity index is 1.51. The van der Waals surface area contributed by atoms with Crippen LogP contribution in [0.1, 0.15) is 30.9 Å². The molecule has 142 valence electrons. The first-order valence-corrected chi connectivity index (χ1v) is 9.28. The van der Waals surface area contributed by atoms with E-state index in [9.17, 15) is 14.0 Å². The molecule has 27 heavy (non-hydrogen) atoms. The van der Waals surface area contributed by atoms with E-state index in [2.05, 4.69) is 0 Å². The molecule has 4 nitrogen and oxygen atoms in total. The van der Waals surface area contributed by atoms with Crippen LogP contribution in [-0.4, -0.2) is 29.4 Å². The molecule has 0 spiro atoms. The summed E-state index contributed by atoms with van der Waals surface area (Å²) in [6, 6.07) is 15.8. The normalized spacial score (nSPS) is 19.6. The molecular weight excluding hydrogens is 345 g/mol. The molecule has 2 aromatic rings. The standard InChI is InChI=1S/C22H24FNO3/c1-16-13-19(21(25)14-18-9-5-6-10-20(18)23)11-12-24(16)22(26)27-15-17-7-3-2-4-8-17/h2-10,16,19H,11-15H2,1H3/t16-,19?/m0/s1. The van der Waals surface area contributed by atoms with E-state index in [0.29, 0.717) is 24.9 Å². The maximum atomic E-state index is 13.8. The Bertz CT molecular complexity index is 793. The molecular formula is C22H24FNO3. The van der Waals surface area contributed by atoms with E-state index >= 15 is 0 Å². The van der Waals surface area contributed by atoms with Crippen LogP contribution in [0.15, 0.2) is 54.6 Å². The van der Waals surface area contributed by atoms with Crippen LogP contribution in [0.3, 0.4) is 0 Å². The van der Waals surface area contributed by atoms with Gasteiger partial charge in [-0.2, -0.15) is 0 Å². The molecule has 2 atom stereocenters. The molecule has 2 aromatic carbocycles. The van der Waals surface area contributed by atoms with Crippen molar-refractivity contribution in [2.24, 2.45) is 5.92 Å². The van der Waals surface area contributed by atoms with Crippen LogP contribution in [-0.2, 0) is 22.6 Å². The second kappa shape index (κ2) is 8.80. The van der Waals surface area contributed by atoms with Gasteiger partial charge in [-0.3, -0.25) is 4.79 Å². The summed E-state index contributed by atoms with van der Waals surface area (Å²) in [5, 5.41) is 0. The summed E-state index contributed by atoms with van der Waals surface area (Å²) in [7, 11) is 0. The number of hydrogen-bond donors (Lipinski definition) is 0. The zero-order valence-corrected chi connectivity index (χ0v) is 15.4. The predicted octanol–water partition coefficient (Wildman–Crippen LogP) is 4.37. The van der Waals surface area contributed by atoms with Crippen LogP contribution in [0.25, 0.3) is 0 Å². The minimum absolute atomic E-state index is 0.0317. The third kappa shape index (κ3) is 4.94. The van der Waals surface area contributed by atoms with Crippen molar-refractivity contribution in [3.8, 4) is 0 Å². The number of carbonyl (C=O) groups is 2. The first-order valence-electron chi connectivity index (χ1n) is 9.28. The summed E-state index contributed by atoms with van der Waals surface area (Å²) in [6.45, 7) is 2.63. The Kier molecular flexibility index (Phi) is 6.22. The van der Waals surface area contributed by atoms with Crippen molar-refractivity contribution >= 4 is 11.9 Å². The van der Waals surface area contributed by atoms with Gasteiger partial charge in [0, 0.05) is 24.9 Å². The van der Waals surface area contributed by atoms with Gasteiger partial charge in [-0.15, -0.1) is 0 Å². The maximum Gasteiger partial charge on any atom is 0.410 e. The van der Waals surface area contributed by atoms with Crippen LogP contribution >= 0.6 is 0 Å². The lowest BCUT2D eigenvalue weighted by molar-refractivity contribution is -0.124. The van der Waals surface area contributed by atoms with Crippen LogP contribution in [0.2, 0.25) is 0 Å². The van der Waals surface area contributed by atoms with Crippen LogP contribution in [0.4, 0.5) is 9.18 Å². The molecule has 1 amide bonds. The lowest BCUT2D eigenvalue weighted by Gasteiger charge is -2.36. The molecule has 1 aliphatic heterocycles. The largest absolute Gasteiger partial charge is 0.445 e. The second-order valence-electron chi connectivity index (χ2n) is 7.04. The summed E-state index contributed by atoms with van der Waals surface area (Å²) in [5.74, 6) is -0.470. The number of halogens is 1. The van der Waals surface area contributed by atoms with E-state index in [0.717, 1.165) is 5.56 Å². The Morgan fingerprint density at radius 2 is 1.81 bits per heavy atom. The molecule has 0 bridgehead atoms. The first kappa shape index (κ1) is 19.1. The Hall–Kier alpha value is -2.69. The number of carbonyl (C=O) groups excluding carboxylic acids is 2. The molecule has 1 saturated heterocycles. The molecule has 1 fully saturated rings.